The van der Waals surface area contributed by atoms with Crippen molar-refractivity contribution in [1.82, 2.24) is 0 Å². The normalized spacial score (nSPS) is 12.4. The van der Waals surface area contributed by atoms with Crippen LogP contribution < -0.4 is 0 Å². The first-order valence-electron chi connectivity index (χ1n) is 10.5. The molecule has 0 fully saturated rings. The van der Waals surface area contributed by atoms with Crippen LogP contribution in [0.1, 0.15) is 125 Å². The summed E-state index contributed by atoms with van der Waals surface area (Å²) in [7, 11) is 0. The van der Waals surface area contributed by atoms with E-state index in [1.54, 1.807) is 0 Å². The van der Waals surface area contributed by atoms with Gasteiger partial charge in [-0.05, 0) is 32.1 Å². The first-order chi connectivity index (χ1) is 11.7. The van der Waals surface area contributed by atoms with Crippen LogP contribution in [0.2, 0.25) is 0 Å². The second kappa shape index (κ2) is 13.6. The average Bonchev–Trinajstić information content (AvgIpc) is 2.48. The van der Waals surface area contributed by atoms with Crippen LogP contribution in [0.25, 0.3) is 0 Å². The van der Waals surface area contributed by atoms with E-state index < -0.39 is 5.60 Å². The Labute approximate surface area is 157 Å². The van der Waals surface area contributed by atoms with Gasteiger partial charge in [0, 0.05) is 6.42 Å². The van der Waals surface area contributed by atoms with E-state index in [1.807, 2.05) is 13.8 Å². The van der Waals surface area contributed by atoms with Gasteiger partial charge in [0.25, 0.3) is 0 Å². The lowest BCUT2D eigenvalue weighted by molar-refractivity contribution is -0.329. The number of carbonyl (C=O) groups excluding carboxylic acids is 1. The molecular formula is C22H44O3. The van der Waals surface area contributed by atoms with Crippen molar-refractivity contribution in [1.29, 1.82) is 0 Å². The Bertz CT molecular complexity index is 329. The van der Waals surface area contributed by atoms with E-state index in [1.165, 1.54) is 57.8 Å². The molecule has 0 N–H and O–H groups in total. The summed E-state index contributed by atoms with van der Waals surface area (Å²) in [6.45, 7) is 12.7. The van der Waals surface area contributed by atoms with Gasteiger partial charge in [0.2, 0.25) is 0 Å². The Hall–Kier alpha value is -0.570. The Morgan fingerprint density at radius 2 is 1.16 bits per heavy atom. The van der Waals surface area contributed by atoms with Gasteiger partial charge in [-0.3, -0.25) is 4.89 Å². The van der Waals surface area contributed by atoms with Gasteiger partial charge in [0.15, 0.2) is 0 Å². The van der Waals surface area contributed by atoms with Crippen LogP contribution in [0.5, 0.6) is 0 Å². The standard InChI is InChI=1S/C22H44O3/c1-7-8-9-10-11-12-13-14-15-16-17-18-20(23)24-25-22(5,6)19-21(2,3)4/h7-19H2,1-6H3. The molecule has 0 radical (unpaired) electrons. The highest BCUT2D eigenvalue weighted by Gasteiger charge is 2.28. The van der Waals surface area contributed by atoms with Gasteiger partial charge in [-0.25, -0.2) is 4.79 Å². The van der Waals surface area contributed by atoms with Crippen molar-refractivity contribution in [3.05, 3.63) is 0 Å². The third kappa shape index (κ3) is 18.0. The number of carbonyl (C=O) groups is 1. The van der Waals surface area contributed by atoms with Crippen LogP contribution in [0.3, 0.4) is 0 Å². The summed E-state index contributed by atoms with van der Waals surface area (Å²) in [4.78, 5) is 22.1. The molecule has 0 unspecified atom stereocenters. The first kappa shape index (κ1) is 24.4. The van der Waals surface area contributed by atoms with Crippen molar-refractivity contribution in [2.45, 2.75) is 131 Å². The monoisotopic (exact) mass is 356 g/mol. The highest BCUT2D eigenvalue weighted by atomic mass is 17.2. The fraction of sp³-hybridized carbons (Fsp3) is 0.955. The molecule has 0 bridgehead atoms. The second-order valence-corrected chi connectivity index (χ2v) is 9.32. The predicted molar refractivity (Wildman–Crippen MR) is 106 cm³/mol. The Kier molecular flexibility index (Phi) is 13.3. The molecule has 0 saturated heterocycles. The molecule has 0 aliphatic rings. The molecule has 0 atom stereocenters. The third-order valence-electron chi connectivity index (χ3n) is 4.30. The van der Waals surface area contributed by atoms with Crippen molar-refractivity contribution in [2.75, 3.05) is 0 Å². The van der Waals surface area contributed by atoms with E-state index in [9.17, 15) is 4.79 Å². The van der Waals surface area contributed by atoms with Crippen molar-refractivity contribution in [3.63, 3.8) is 0 Å². The summed E-state index contributed by atoms with van der Waals surface area (Å²) in [5.41, 5.74) is -0.295. The van der Waals surface area contributed by atoms with E-state index in [4.69, 9.17) is 9.78 Å². The SMILES string of the molecule is CCCCCCCCCCCCCC(=O)OOC(C)(C)CC(C)(C)C. The topological polar surface area (TPSA) is 35.5 Å². The molecule has 0 aromatic carbocycles. The highest BCUT2D eigenvalue weighted by Crippen LogP contribution is 2.29. The Morgan fingerprint density at radius 3 is 1.60 bits per heavy atom. The maximum atomic E-state index is 11.8. The molecule has 0 saturated carbocycles. The van der Waals surface area contributed by atoms with E-state index in [0.717, 1.165) is 19.3 Å². The van der Waals surface area contributed by atoms with Crippen LogP contribution in [-0.2, 0) is 14.6 Å². The van der Waals surface area contributed by atoms with E-state index in [-0.39, 0.29) is 11.4 Å². The van der Waals surface area contributed by atoms with Crippen molar-refractivity contribution in [3.8, 4) is 0 Å². The van der Waals surface area contributed by atoms with Crippen LogP contribution in [0, 0.1) is 5.41 Å². The number of hydrogen-bond acceptors (Lipinski definition) is 3. The maximum Gasteiger partial charge on any atom is 0.342 e. The molecule has 150 valence electrons. The van der Waals surface area contributed by atoms with E-state index >= 15 is 0 Å². The van der Waals surface area contributed by atoms with Gasteiger partial charge in [-0.2, -0.15) is 4.89 Å². The lowest BCUT2D eigenvalue weighted by atomic mass is 9.84. The van der Waals surface area contributed by atoms with Gasteiger partial charge in [0.1, 0.15) is 5.60 Å². The summed E-state index contributed by atoms with van der Waals surface area (Å²) < 4.78 is 0. The molecule has 0 rings (SSSR count). The van der Waals surface area contributed by atoms with Crippen LogP contribution in [0.4, 0.5) is 0 Å². The fourth-order valence-corrected chi connectivity index (χ4v) is 3.44. The summed E-state index contributed by atoms with van der Waals surface area (Å²) in [5.74, 6) is -0.238. The minimum absolute atomic E-state index is 0.145. The molecule has 25 heavy (non-hydrogen) atoms. The molecule has 0 heterocycles. The predicted octanol–water partition coefficient (Wildman–Crippen LogP) is 7.38. The molecule has 0 aromatic heterocycles. The smallest absolute Gasteiger partial charge is 0.298 e. The molecule has 0 amide bonds. The van der Waals surface area contributed by atoms with Crippen LogP contribution in [-0.4, -0.2) is 11.6 Å². The number of hydrogen-bond donors (Lipinski definition) is 0. The van der Waals surface area contributed by atoms with Crippen molar-refractivity contribution < 1.29 is 14.6 Å². The summed E-state index contributed by atoms with van der Waals surface area (Å²) >= 11 is 0. The molecule has 3 heteroatoms. The highest BCUT2D eigenvalue weighted by molar-refractivity contribution is 5.68. The fourth-order valence-electron chi connectivity index (χ4n) is 3.44. The zero-order chi connectivity index (χ0) is 19.2. The average molecular weight is 357 g/mol. The Morgan fingerprint density at radius 1 is 0.720 bits per heavy atom. The molecule has 3 nitrogen and oxygen atoms in total. The third-order valence-corrected chi connectivity index (χ3v) is 4.30. The van der Waals surface area contributed by atoms with E-state index in [0.29, 0.717) is 6.42 Å². The van der Waals surface area contributed by atoms with Crippen molar-refractivity contribution >= 4 is 5.97 Å². The zero-order valence-corrected chi connectivity index (χ0v) is 17.9. The lowest BCUT2D eigenvalue weighted by Crippen LogP contribution is -2.31. The van der Waals surface area contributed by atoms with Gasteiger partial charge in [0.05, 0.1) is 0 Å². The second-order valence-electron chi connectivity index (χ2n) is 9.32. The first-order valence-corrected chi connectivity index (χ1v) is 10.5. The zero-order valence-electron chi connectivity index (χ0n) is 17.9. The van der Waals surface area contributed by atoms with Gasteiger partial charge in [-0.1, -0.05) is 91.9 Å². The molecule has 0 spiro atoms. The van der Waals surface area contributed by atoms with Crippen LogP contribution in [0.15, 0.2) is 0 Å². The maximum absolute atomic E-state index is 11.8. The Balaban J connectivity index is 3.50. The molecular weight excluding hydrogens is 312 g/mol. The minimum Gasteiger partial charge on any atom is -0.298 e. The summed E-state index contributed by atoms with van der Waals surface area (Å²) in [6.07, 6.45) is 15.4. The van der Waals surface area contributed by atoms with Gasteiger partial charge < -0.3 is 0 Å². The summed E-state index contributed by atoms with van der Waals surface area (Å²) in [5, 5.41) is 0. The number of unbranched alkanes of at least 4 members (excludes halogenated alkanes) is 10. The molecule has 0 aliphatic heterocycles. The largest absolute Gasteiger partial charge is 0.342 e. The van der Waals surface area contributed by atoms with E-state index in [2.05, 4.69) is 27.7 Å². The summed E-state index contributed by atoms with van der Waals surface area (Å²) in [6, 6.07) is 0. The lowest BCUT2D eigenvalue weighted by Gasteiger charge is -2.30. The molecule has 0 aromatic rings. The quantitative estimate of drug-likeness (QED) is 0.174. The molecule has 0 aliphatic carbocycles. The van der Waals surface area contributed by atoms with Crippen molar-refractivity contribution in [2.24, 2.45) is 5.41 Å². The minimum atomic E-state index is -0.439. The number of rotatable bonds is 15. The van der Waals surface area contributed by atoms with Crippen LogP contribution >= 0.6 is 0 Å². The van der Waals surface area contributed by atoms with Gasteiger partial charge >= 0.3 is 5.97 Å². The van der Waals surface area contributed by atoms with Gasteiger partial charge in [-0.15, -0.1) is 0 Å².